The zero-order valence-corrected chi connectivity index (χ0v) is 10.1. The van der Waals surface area contributed by atoms with E-state index in [1.54, 1.807) is 0 Å². The van der Waals surface area contributed by atoms with Crippen LogP contribution in [-0.2, 0) is 0 Å². The molecule has 0 radical (unpaired) electrons. The summed E-state index contributed by atoms with van der Waals surface area (Å²) in [6, 6.07) is 0. The van der Waals surface area contributed by atoms with E-state index in [-0.39, 0.29) is 0 Å². The van der Waals surface area contributed by atoms with E-state index in [2.05, 4.69) is 11.8 Å². The first kappa shape index (κ1) is 11.1. The molecule has 3 fully saturated rings. The van der Waals surface area contributed by atoms with Gasteiger partial charge in [-0.25, -0.2) is 4.39 Å². The minimum Gasteiger partial charge on any atom is -0.293 e. The Hall–Kier alpha value is -0.370. The molecule has 15 heavy (non-hydrogen) atoms. The summed E-state index contributed by atoms with van der Waals surface area (Å²) < 4.78 is 12.5. The highest BCUT2D eigenvalue weighted by Gasteiger charge is 2.64. The summed E-state index contributed by atoms with van der Waals surface area (Å²) in [5.41, 5.74) is 1.90. The number of rotatable bonds is 0. The molecule has 0 aromatic carbocycles. The van der Waals surface area contributed by atoms with Gasteiger partial charge in [0.1, 0.15) is 0 Å². The Labute approximate surface area is 92.3 Å². The van der Waals surface area contributed by atoms with Crippen LogP contribution in [0.1, 0.15) is 46.5 Å². The number of fused-ring (bicyclic) bond motifs is 2. The zero-order chi connectivity index (χ0) is 11.1. The summed E-state index contributed by atoms with van der Waals surface area (Å²) in [6.45, 7) is 8.41. The summed E-state index contributed by atoms with van der Waals surface area (Å²) in [5, 5.41) is 0. The highest BCUT2D eigenvalue weighted by molar-refractivity contribution is 5.27. The highest BCUT2D eigenvalue weighted by atomic mass is 19.1. The molecule has 1 atom stereocenters. The molecule has 2 saturated heterocycles. The smallest absolute Gasteiger partial charge is 0.0872 e. The van der Waals surface area contributed by atoms with Gasteiger partial charge in [0.05, 0.1) is 6.33 Å². The van der Waals surface area contributed by atoms with Crippen LogP contribution in [0.3, 0.4) is 0 Å². The molecule has 1 nitrogen and oxygen atoms in total. The van der Waals surface area contributed by atoms with Gasteiger partial charge in [0.2, 0.25) is 0 Å². The summed E-state index contributed by atoms with van der Waals surface area (Å²) in [4.78, 5) is 2.49. The molecule has 2 heterocycles. The van der Waals surface area contributed by atoms with Crippen LogP contribution in [0.4, 0.5) is 4.39 Å². The Morgan fingerprint density at radius 3 is 2.47 bits per heavy atom. The second-order valence-electron chi connectivity index (χ2n) is 5.17. The van der Waals surface area contributed by atoms with Crippen molar-refractivity contribution in [3.63, 3.8) is 0 Å². The fraction of sp³-hybridized carbons (Fsp3) is 0.846. The standard InChI is InChI=1S/C11H16FN.C2H6/c1-10-6-9(7-12)8-13(10)5-4-11(10)2-3-11;1-2/h7H,2-6,8H2,1H3;1-2H3/b9-7-;/t10-;/m1./s1. The van der Waals surface area contributed by atoms with E-state index < -0.39 is 0 Å². The second kappa shape index (κ2) is 3.58. The third-order valence-electron chi connectivity index (χ3n) is 4.67. The summed E-state index contributed by atoms with van der Waals surface area (Å²) in [6.07, 6.45) is 5.91. The highest BCUT2D eigenvalue weighted by Crippen LogP contribution is 2.66. The van der Waals surface area contributed by atoms with Crippen molar-refractivity contribution in [2.75, 3.05) is 13.1 Å². The molecule has 1 aliphatic carbocycles. The fourth-order valence-electron chi connectivity index (χ4n) is 3.51. The molecule has 3 rings (SSSR count). The molecular weight excluding hydrogens is 189 g/mol. The maximum Gasteiger partial charge on any atom is 0.0872 e. The van der Waals surface area contributed by atoms with Crippen LogP contribution < -0.4 is 0 Å². The molecule has 3 aliphatic rings. The van der Waals surface area contributed by atoms with Gasteiger partial charge >= 0.3 is 0 Å². The Bertz CT molecular complexity index is 280. The van der Waals surface area contributed by atoms with Gasteiger partial charge in [-0.05, 0) is 50.1 Å². The average Bonchev–Trinajstić information content (AvgIpc) is 2.93. The molecule has 1 saturated carbocycles. The van der Waals surface area contributed by atoms with Gasteiger partial charge in [-0.3, -0.25) is 4.90 Å². The Kier molecular flexibility index (Phi) is 2.66. The van der Waals surface area contributed by atoms with Crippen LogP contribution in [0.5, 0.6) is 0 Å². The van der Waals surface area contributed by atoms with Gasteiger partial charge in [-0.15, -0.1) is 0 Å². The molecule has 2 heteroatoms. The monoisotopic (exact) mass is 211 g/mol. The van der Waals surface area contributed by atoms with Gasteiger partial charge in [0, 0.05) is 12.1 Å². The maximum absolute atomic E-state index is 12.5. The van der Waals surface area contributed by atoms with Gasteiger partial charge in [-0.2, -0.15) is 0 Å². The van der Waals surface area contributed by atoms with Crippen molar-refractivity contribution >= 4 is 0 Å². The first-order valence-corrected chi connectivity index (χ1v) is 6.23. The van der Waals surface area contributed by atoms with E-state index in [1.807, 2.05) is 13.8 Å². The molecule has 0 amide bonds. The third kappa shape index (κ3) is 1.37. The lowest BCUT2D eigenvalue weighted by Crippen LogP contribution is -2.40. The zero-order valence-electron chi connectivity index (χ0n) is 10.1. The molecule has 1 spiro atoms. The largest absolute Gasteiger partial charge is 0.293 e. The van der Waals surface area contributed by atoms with Crippen LogP contribution in [0.25, 0.3) is 0 Å². The number of halogens is 1. The molecule has 0 N–H and O–H groups in total. The van der Waals surface area contributed by atoms with Crippen LogP contribution in [0.15, 0.2) is 11.9 Å². The first-order chi connectivity index (χ1) is 7.20. The van der Waals surface area contributed by atoms with E-state index in [0.29, 0.717) is 11.0 Å². The number of nitrogens with zero attached hydrogens (tertiary/aromatic N) is 1. The fourth-order valence-corrected chi connectivity index (χ4v) is 3.51. The Balaban J connectivity index is 0.000000404. The van der Waals surface area contributed by atoms with E-state index in [9.17, 15) is 4.39 Å². The van der Waals surface area contributed by atoms with Crippen molar-refractivity contribution in [1.82, 2.24) is 4.90 Å². The lowest BCUT2D eigenvalue weighted by atomic mass is 9.81. The van der Waals surface area contributed by atoms with Crippen LogP contribution in [0.2, 0.25) is 0 Å². The molecule has 0 aromatic heterocycles. The van der Waals surface area contributed by atoms with E-state index in [4.69, 9.17) is 0 Å². The van der Waals surface area contributed by atoms with Crippen molar-refractivity contribution in [3.05, 3.63) is 11.9 Å². The molecule has 2 aliphatic heterocycles. The summed E-state index contributed by atoms with van der Waals surface area (Å²) in [5.74, 6) is 0. The summed E-state index contributed by atoms with van der Waals surface area (Å²) in [7, 11) is 0. The van der Waals surface area contributed by atoms with Crippen molar-refractivity contribution in [1.29, 1.82) is 0 Å². The van der Waals surface area contributed by atoms with Crippen molar-refractivity contribution < 1.29 is 4.39 Å². The molecule has 0 aromatic rings. The predicted molar refractivity (Wildman–Crippen MR) is 61.4 cm³/mol. The topological polar surface area (TPSA) is 3.24 Å². The van der Waals surface area contributed by atoms with Crippen molar-refractivity contribution in [3.8, 4) is 0 Å². The first-order valence-electron chi connectivity index (χ1n) is 6.23. The van der Waals surface area contributed by atoms with Crippen LogP contribution in [-0.4, -0.2) is 23.5 Å². The van der Waals surface area contributed by atoms with E-state index >= 15 is 0 Å². The molecule has 86 valence electrons. The number of hydrogen-bond donors (Lipinski definition) is 0. The van der Waals surface area contributed by atoms with E-state index in [0.717, 1.165) is 24.9 Å². The normalized spacial score (nSPS) is 39.1. The SMILES string of the molecule is CC.C[C@]12C/C(=C/F)CN1CCC21CC1. The minimum absolute atomic E-state index is 0.310. The lowest BCUT2D eigenvalue weighted by molar-refractivity contribution is 0.159. The van der Waals surface area contributed by atoms with Crippen LogP contribution in [0, 0.1) is 5.41 Å². The summed E-state index contributed by atoms with van der Waals surface area (Å²) >= 11 is 0. The Morgan fingerprint density at radius 1 is 1.27 bits per heavy atom. The average molecular weight is 211 g/mol. The van der Waals surface area contributed by atoms with Gasteiger partial charge in [0.15, 0.2) is 0 Å². The molecular formula is C13H22FN. The van der Waals surface area contributed by atoms with Gasteiger partial charge < -0.3 is 0 Å². The van der Waals surface area contributed by atoms with Crippen molar-refractivity contribution in [2.45, 2.75) is 52.0 Å². The second-order valence-corrected chi connectivity index (χ2v) is 5.17. The molecule has 0 bridgehead atoms. The molecule has 0 unspecified atom stereocenters. The third-order valence-corrected chi connectivity index (χ3v) is 4.67. The Morgan fingerprint density at radius 2 is 1.93 bits per heavy atom. The predicted octanol–water partition coefficient (Wildman–Crippen LogP) is 3.51. The van der Waals surface area contributed by atoms with Gasteiger partial charge in [-0.1, -0.05) is 13.8 Å². The number of hydrogen-bond acceptors (Lipinski definition) is 1. The lowest BCUT2D eigenvalue weighted by Gasteiger charge is -2.33. The quantitative estimate of drug-likeness (QED) is 0.592. The maximum atomic E-state index is 12.5. The van der Waals surface area contributed by atoms with Crippen LogP contribution >= 0.6 is 0 Å². The van der Waals surface area contributed by atoms with Crippen molar-refractivity contribution in [2.24, 2.45) is 5.41 Å². The minimum atomic E-state index is 0.310. The van der Waals surface area contributed by atoms with E-state index in [1.165, 1.54) is 25.8 Å². The van der Waals surface area contributed by atoms with Gasteiger partial charge in [0.25, 0.3) is 0 Å².